The first-order chi connectivity index (χ1) is 12.7. The van der Waals surface area contributed by atoms with Crippen LogP contribution in [0.5, 0.6) is 0 Å². The molecular weight excluding hydrogens is 346 g/mol. The number of benzene rings is 1. The summed E-state index contributed by atoms with van der Waals surface area (Å²) in [5.74, 6) is 1.50. The average Bonchev–Trinajstić information content (AvgIpc) is 3.19. The highest BCUT2D eigenvalue weighted by molar-refractivity contribution is 6.30. The molecule has 3 heterocycles. The number of carbonyl (C=O) groups is 1. The first-order valence-corrected chi connectivity index (χ1v) is 9.68. The lowest BCUT2D eigenvalue weighted by atomic mass is 10.0. The molecule has 0 bridgehead atoms. The maximum absolute atomic E-state index is 12.5. The van der Waals surface area contributed by atoms with Crippen molar-refractivity contribution in [3.05, 3.63) is 64.9 Å². The number of aryl methyl sites for hydroxylation is 1. The van der Waals surface area contributed by atoms with Gasteiger partial charge in [-0.2, -0.15) is 0 Å². The Hall–Kier alpha value is -1.91. The first kappa shape index (κ1) is 17.5. The Morgan fingerprint density at radius 1 is 1.08 bits per heavy atom. The van der Waals surface area contributed by atoms with Gasteiger partial charge in [0, 0.05) is 56.6 Å². The van der Waals surface area contributed by atoms with Crippen molar-refractivity contribution in [2.24, 2.45) is 11.8 Å². The summed E-state index contributed by atoms with van der Waals surface area (Å²) in [4.78, 5) is 21.2. The Labute approximate surface area is 159 Å². The van der Waals surface area contributed by atoms with Gasteiger partial charge in [0.25, 0.3) is 0 Å². The summed E-state index contributed by atoms with van der Waals surface area (Å²) in [6.45, 7) is 4.90. The van der Waals surface area contributed by atoms with E-state index in [4.69, 9.17) is 11.6 Å². The van der Waals surface area contributed by atoms with Gasteiger partial charge < -0.3 is 4.90 Å². The molecule has 4 rings (SSSR count). The Bertz CT molecular complexity index is 753. The van der Waals surface area contributed by atoms with Crippen LogP contribution in [0, 0.1) is 11.8 Å². The van der Waals surface area contributed by atoms with Crippen LogP contribution in [0.25, 0.3) is 0 Å². The van der Waals surface area contributed by atoms with Crippen molar-refractivity contribution < 1.29 is 4.79 Å². The molecule has 0 saturated carbocycles. The molecule has 0 N–H and O–H groups in total. The van der Waals surface area contributed by atoms with Gasteiger partial charge >= 0.3 is 0 Å². The molecule has 5 heteroatoms. The van der Waals surface area contributed by atoms with Gasteiger partial charge in [-0.3, -0.25) is 14.7 Å². The lowest BCUT2D eigenvalue weighted by Crippen LogP contribution is -2.33. The smallest absolute Gasteiger partial charge is 0.222 e. The van der Waals surface area contributed by atoms with Gasteiger partial charge in [0.15, 0.2) is 0 Å². The number of hydrogen-bond acceptors (Lipinski definition) is 3. The SMILES string of the molecule is O=C(CCc1cccnc1)N1C[C@H]2CN(Cc3cccc(Cl)c3)C[C@@H]2C1. The molecule has 0 radical (unpaired) electrons. The number of carbonyl (C=O) groups excluding carboxylic acids is 1. The van der Waals surface area contributed by atoms with Gasteiger partial charge in [-0.25, -0.2) is 0 Å². The van der Waals surface area contributed by atoms with Crippen LogP contribution < -0.4 is 0 Å². The Morgan fingerprint density at radius 2 is 1.85 bits per heavy atom. The van der Waals surface area contributed by atoms with E-state index in [0.717, 1.165) is 49.7 Å². The van der Waals surface area contributed by atoms with Crippen LogP contribution >= 0.6 is 11.6 Å². The third kappa shape index (κ3) is 4.08. The number of aromatic nitrogens is 1. The Balaban J connectivity index is 1.26. The van der Waals surface area contributed by atoms with Crippen LogP contribution in [0.1, 0.15) is 17.5 Å². The number of halogens is 1. The molecule has 1 amide bonds. The molecule has 1 aromatic carbocycles. The van der Waals surface area contributed by atoms with E-state index in [1.54, 1.807) is 6.20 Å². The van der Waals surface area contributed by atoms with E-state index in [1.165, 1.54) is 5.56 Å². The zero-order chi connectivity index (χ0) is 17.9. The van der Waals surface area contributed by atoms with Crippen LogP contribution in [0.4, 0.5) is 0 Å². The zero-order valence-corrected chi connectivity index (χ0v) is 15.6. The number of likely N-dealkylation sites (tertiary alicyclic amines) is 2. The summed E-state index contributed by atoms with van der Waals surface area (Å²) in [7, 11) is 0. The van der Waals surface area contributed by atoms with Gasteiger partial charge in [0.1, 0.15) is 0 Å². The molecule has 2 aliphatic rings. The fourth-order valence-corrected chi connectivity index (χ4v) is 4.48. The molecule has 2 atom stereocenters. The van der Waals surface area contributed by atoms with Crippen molar-refractivity contribution in [2.45, 2.75) is 19.4 Å². The van der Waals surface area contributed by atoms with Crippen LogP contribution in [0.2, 0.25) is 5.02 Å². The third-order valence-electron chi connectivity index (χ3n) is 5.56. The second-order valence-corrected chi connectivity index (χ2v) is 7.94. The van der Waals surface area contributed by atoms with Crippen LogP contribution in [0.3, 0.4) is 0 Å². The third-order valence-corrected chi connectivity index (χ3v) is 5.80. The van der Waals surface area contributed by atoms with Gasteiger partial charge in [0.05, 0.1) is 0 Å². The van der Waals surface area contributed by atoms with Gasteiger partial charge in [-0.05, 0) is 47.6 Å². The number of amides is 1. The van der Waals surface area contributed by atoms with E-state index < -0.39 is 0 Å². The first-order valence-electron chi connectivity index (χ1n) is 9.31. The summed E-state index contributed by atoms with van der Waals surface area (Å²) in [5.41, 5.74) is 2.40. The van der Waals surface area contributed by atoms with E-state index in [1.807, 2.05) is 36.5 Å². The minimum absolute atomic E-state index is 0.282. The molecule has 2 aliphatic heterocycles. The standard InChI is InChI=1S/C21H24ClN3O/c22-20-5-1-3-17(9-20)11-24-12-18-14-25(15-19(18)13-24)21(26)7-6-16-4-2-8-23-10-16/h1-5,8-10,18-19H,6-7,11-15H2/t18-,19-/m1/s1. The van der Waals surface area contributed by atoms with E-state index in [2.05, 4.69) is 20.9 Å². The number of nitrogens with zero attached hydrogens (tertiary/aromatic N) is 3. The lowest BCUT2D eigenvalue weighted by molar-refractivity contribution is -0.130. The Kier molecular flexibility index (Phi) is 5.23. The van der Waals surface area contributed by atoms with Crippen LogP contribution in [0.15, 0.2) is 48.8 Å². The minimum Gasteiger partial charge on any atom is -0.342 e. The molecule has 136 valence electrons. The van der Waals surface area contributed by atoms with E-state index >= 15 is 0 Å². The van der Waals surface area contributed by atoms with Crippen molar-refractivity contribution >= 4 is 17.5 Å². The zero-order valence-electron chi connectivity index (χ0n) is 14.9. The highest BCUT2D eigenvalue weighted by atomic mass is 35.5. The van der Waals surface area contributed by atoms with Crippen LogP contribution in [-0.2, 0) is 17.8 Å². The largest absolute Gasteiger partial charge is 0.342 e. The summed E-state index contributed by atoms with van der Waals surface area (Å²) in [5, 5.41) is 0.798. The van der Waals surface area contributed by atoms with Crippen molar-refractivity contribution in [1.29, 1.82) is 0 Å². The van der Waals surface area contributed by atoms with Crippen molar-refractivity contribution in [1.82, 2.24) is 14.8 Å². The lowest BCUT2D eigenvalue weighted by Gasteiger charge is -2.22. The highest BCUT2D eigenvalue weighted by Crippen LogP contribution is 2.32. The van der Waals surface area contributed by atoms with Crippen molar-refractivity contribution in [3.63, 3.8) is 0 Å². The fourth-order valence-electron chi connectivity index (χ4n) is 4.27. The summed E-state index contributed by atoms with van der Waals surface area (Å²) >= 11 is 6.09. The molecule has 2 fully saturated rings. The van der Waals surface area contributed by atoms with E-state index in [0.29, 0.717) is 18.3 Å². The predicted octanol–water partition coefficient (Wildman–Crippen LogP) is 3.26. The molecular formula is C21H24ClN3O. The number of hydrogen-bond donors (Lipinski definition) is 0. The van der Waals surface area contributed by atoms with E-state index in [-0.39, 0.29) is 5.91 Å². The predicted molar refractivity (Wildman–Crippen MR) is 103 cm³/mol. The van der Waals surface area contributed by atoms with Gasteiger partial charge in [-0.1, -0.05) is 29.8 Å². The monoisotopic (exact) mass is 369 g/mol. The number of pyridine rings is 1. The topological polar surface area (TPSA) is 36.4 Å². The molecule has 0 spiro atoms. The van der Waals surface area contributed by atoms with Crippen molar-refractivity contribution in [3.8, 4) is 0 Å². The fraction of sp³-hybridized carbons (Fsp3) is 0.429. The Morgan fingerprint density at radius 3 is 2.54 bits per heavy atom. The van der Waals surface area contributed by atoms with Gasteiger partial charge in [0.2, 0.25) is 5.91 Å². The minimum atomic E-state index is 0.282. The normalized spacial score (nSPS) is 22.6. The highest BCUT2D eigenvalue weighted by Gasteiger charge is 2.41. The average molecular weight is 370 g/mol. The number of rotatable bonds is 5. The van der Waals surface area contributed by atoms with Crippen molar-refractivity contribution in [2.75, 3.05) is 26.2 Å². The molecule has 2 aromatic rings. The maximum Gasteiger partial charge on any atom is 0.222 e. The molecule has 2 saturated heterocycles. The molecule has 26 heavy (non-hydrogen) atoms. The summed E-state index contributed by atoms with van der Waals surface area (Å²) in [6.07, 6.45) is 4.97. The summed E-state index contributed by atoms with van der Waals surface area (Å²) < 4.78 is 0. The molecule has 1 aromatic heterocycles. The molecule has 4 nitrogen and oxygen atoms in total. The van der Waals surface area contributed by atoms with Crippen LogP contribution in [-0.4, -0.2) is 46.9 Å². The quantitative estimate of drug-likeness (QED) is 0.811. The second kappa shape index (κ2) is 7.77. The second-order valence-electron chi connectivity index (χ2n) is 7.50. The van der Waals surface area contributed by atoms with Gasteiger partial charge in [-0.15, -0.1) is 0 Å². The maximum atomic E-state index is 12.5. The molecule has 0 unspecified atom stereocenters. The summed E-state index contributed by atoms with van der Waals surface area (Å²) in [6, 6.07) is 12.1. The molecule has 0 aliphatic carbocycles. The van der Waals surface area contributed by atoms with E-state index in [9.17, 15) is 4.79 Å². The number of fused-ring (bicyclic) bond motifs is 1.